The smallest absolute Gasteiger partial charge is 0.350 e. The van der Waals surface area contributed by atoms with Gasteiger partial charge in [-0.1, -0.05) is 17.4 Å². The Bertz CT molecular complexity index is 1400. The molecule has 1 aromatic carbocycles. The van der Waals surface area contributed by atoms with E-state index >= 15 is 0 Å². The number of pyridine rings is 1. The van der Waals surface area contributed by atoms with Gasteiger partial charge >= 0.3 is 11.9 Å². The average Bonchev–Trinajstić information content (AvgIpc) is 3.50. The summed E-state index contributed by atoms with van der Waals surface area (Å²) in [4.78, 5) is 48.6. The van der Waals surface area contributed by atoms with Crippen LogP contribution in [-0.2, 0) is 20.7 Å². The molecule has 4 heterocycles. The Morgan fingerprint density at radius 3 is 2.80 bits per heavy atom. The molecule has 10 heteroatoms. The molecule has 2 aromatic heterocycles. The summed E-state index contributed by atoms with van der Waals surface area (Å²) in [5.41, 5.74) is 2.11. The Labute approximate surface area is 204 Å². The standard InChI is InChI=1S/C25H21N3O6S/c1-12-9-16-10-14(6-7-17(16)34-12)20(29)18-19(15-5-4-8-26-11-15)28(23(31)21(18)30)25-27-13(2)22(35-25)24(32)33-3/h4-8,10-12,19,29H,9H2,1-3H3/t12-,19-/m1/s1. The first kappa shape index (κ1) is 22.7. The molecule has 0 spiro atoms. The average molecular weight is 492 g/mol. The number of carbonyl (C=O) groups is 3. The number of Topliss-reactive ketones (excluding diaryl/α,β-unsaturated/α-hetero) is 1. The number of amides is 1. The first-order valence-electron chi connectivity index (χ1n) is 10.9. The van der Waals surface area contributed by atoms with Crippen LogP contribution >= 0.6 is 11.3 Å². The number of hydrogen-bond donors (Lipinski definition) is 1. The highest BCUT2D eigenvalue weighted by Crippen LogP contribution is 2.44. The first-order chi connectivity index (χ1) is 16.8. The van der Waals surface area contributed by atoms with Gasteiger partial charge in [-0.15, -0.1) is 0 Å². The number of aliphatic hydroxyl groups is 1. The normalized spacial score (nSPS) is 20.6. The zero-order chi connectivity index (χ0) is 24.9. The lowest BCUT2D eigenvalue weighted by Crippen LogP contribution is -2.29. The molecule has 0 bridgehead atoms. The second-order valence-electron chi connectivity index (χ2n) is 8.31. The van der Waals surface area contributed by atoms with Crippen molar-refractivity contribution < 1.29 is 29.0 Å². The summed E-state index contributed by atoms with van der Waals surface area (Å²) in [6.45, 7) is 3.57. The van der Waals surface area contributed by atoms with Crippen LogP contribution in [0.25, 0.3) is 5.76 Å². The highest BCUT2D eigenvalue weighted by atomic mass is 32.1. The number of methoxy groups -OCH3 is 1. The minimum absolute atomic E-state index is 0.0144. The number of aryl methyl sites for hydroxylation is 1. The fourth-order valence-electron chi connectivity index (χ4n) is 4.38. The summed E-state index contributed by atoms with van der Waals surface area (Å²) >= 11 is 0.946. The van der Waals surface area contributed by atoms with Gasteiger partial charge in [0.25, 0.3) is 5.78 Å². The topological polar surface area (TPSA) is 119 Å². The highest BCUT2D eigenvalue weighted by Gasteiger charge is 2.48. The maximum Gasteiger partial charge on any atom is 0.350 e. The molecule has 0 unspecified atom stereocenters. The van der Waals surface area contributed by atoms with Crippen molar-refractivity contribution >= 4 is 39.9 Å². The molecule has 1 amide bonds. The zero-order valence-electron chi connectivity index (χ0n) is 19.1. The summed E-state index contributed by atoms with van der Waals surface area (Å²) in [5, 5.41) is 11.5. The number of anilines is 1. The summed E-state index contributed by atoms with van der Waals surface area (Å²) in [5.74, 6) is -1.87. The molecule has 1 N–H and O–H groups in total. The number of rotatable bonds is 4. The van der Waals surface area contributed by atoms with Gasteiger partial charge < -0.3 is 14.6 Å². The first-order valence-corrected chi connectivity index (χ1v) is 11.7. The molecule has 2 aliphatic heterocycles. The van der Waals surface area contributed by atoms with E-state index in [4.69, 9.17) is 9.47 Å². The van der Waals surface area contributed by atoms with Crippen molar-refractivity contribution in [3.05, 3.63) is 75.6 Å². The highest BCUT2D eigenvalue weighted by molar-refractivity contribution is 7.17. The molecular formula is C25H21N3O6S. The number of esters is 1. The minimum Gasteiger partial charge on any atom is -0.507 e. The molecule has 0 saturated carbocycles. The van der Waals surface area contributed by atoms with Crippen molar-refractivity contribution in [2.24, 2.45) is 0 Å². The quantitative estimate of drug-likeness (QED) is 0.255. The largest absolute Gasteiger partial charge is 0.507 e. The number of carbonyl (C=O) groups excluding carboxylic acids is 3. The van der Waals surface area contributed by atoms with Crippen LogP contribution in [0.4, 0.5) is 5.13 Å². The third kappa shape index (κ3) is 3.75. The van der Waals surface area contributed by atoms with Gasteiger partial charge in [0.05, 0.1) is 24.4 Å². The van der Waals surface area contributed by atoms with Gasteiger partial charge in [0.2, 0.25) is 0 Å². The number of thiazole rings is 1. The molecule has 178 valence electrons. The van der Waals surface area contributed by atoms with Crippen molar-refractivity contribution in [2.45, 2.75) is 32.4 Å². The molecule has 0 aliphatic carbocycles. The molecule has 0 radical (unpaired) electrons. The number of benzene rings is 1. The Kier molecular flexibility index (Phi) is 5.60. The molecule has 1 saturated heterocycles. The van der Waals surface area contributed by atoms with Crippen LogP contribution in [0.1, 0.15) is 45.0 Å². The summed E-state index contributed by atoms with van der Waals surface area (Å²) in [7, 11) is 1.26. The van der Waals surface area contributed by atoms with Gasteiger partial charge in [0.15, 0.2) is 5.13 Å². The molecule has 2 aliphatic rings. The van der Waals surface area contributed by atoms with Crippen LogP contribution in [0.15, 0.2) is 48.3 Å². The van der Waals surface area contributed by atoms with Crippen molar-refractivity contribution in [3.8, 4) is 5.75 Å². The van der Waals surface area contributed by atoms with E-state index in [1.807, 2.05) is 6.92 Å². The van der Waals surface area contributed by atoms with Crippen molar-refractivity contribution in [2.75, 3.05) is 12.0 Å². The maximum atomic E-state index is 13.3. The second kappa shape index (κ2) is 8.62. The van der Waals surface area contributed by atoms with E-state index in [9.17, 15) is 19.5 Å². The van der Waals surface area contributed by atoms with E-state index in [1.165, 1.54) is 18.2 Å². The number of ketones is 1. The van der Waals surface area contributed by atoms with E-state index in [-0.39, 0.29) is 27.4 Å². The van der Waals surface area contributed by atoms with Gasteiger partial charge in [-0.25, -0.2) is 9.78 Å². The van der Waals surface area contributed by atoms with E-state index in [2.05, 4.69) is 9.97 Å². The van der Waals surface area contributed by atoms with Gasteiger partial charge in [-0.05, 0) is 49.2 Å². The maximum absolute atomic E-state index is 13.3. The third-order valence-corrected chi connectivity index (χ3v) is 7.11. The van der Waals surface area contributed by atoms with Crippen molar-refractivity contribution in [1.82, 2.24) is 9.97 Å². The fourth-order valence-corrected chi connectivity index (χ4v) is 5.39. The molecule has 35 heavy (non-hydrogen) atoms. The molecule has 9 nitrogen and oxygen atoms in total. The van der Waals surface area contributed by atoms with Crippen LogP contribution < -0.4 is 9.64 Å². The number of ether oxygens (including phenoxy) is 2. The minimum atomic E-state index is -0.983. The van der Waals surface area contributed by atoms with Gasteiger partial charge in [-0.2, -0.15) is 0 Å². The Morgan fingerprint density at radius 1 is 1.29 bits per heavy atom. The number of hydrogen-bond acceptors (Lipinski definition) is 9. The molecule has 3 aromatic rings. The SMILES string of the molecule is COC(=O)c1sc(N2C(=O)C(=O)C(=C(O)c3ccc4c(c3)C[C@@H](C)O4)[C@H]2c2cccnc2)nc1C. The lowest BCUT2D eigenvalue weighted by Gasteiger charge is -2.22. The Balaban J connectivity index is 1.67. The molecule has 5 rings (SSSR count). The van der Waals surface area contributed by atoms with Gasteiger partial charge in [0.1, 0.15) is 22.5 Å². The monoisotopic (exact) mass is 491 g/mol. The van der Waals surface area contributed by atoms with Crippen LogP contribution in [-0.4, -0.2) is 45.9 Å². The van der Waals surface area contributed by atoms with E-state index < -0.39 is 23.7 Å². The molecular weight excluding hydrogens is 470 g/mol. The summed E-state index contributed by atoms with van der Waals surface area (Å²) < 4.78 is 10.5. The van der Waals surface area contributed by atoms with Crippen LogP contribution in [0, 0.1) is 6.92 Å². The Morgan fingerprint density at radius 2 is 2.09 bits per heavy atom. The molecule has 1 fully saturated rings. The lowest BCUT2D eigenvalue weighted by molar-refractivity contribution is -0.132. The number of aliphatic hydroxyl groups excluding tert-OH is 1. The predicted molar refractivity (Wildman–Crippen MR) is 127 cm³/mol. The van der Waals surface area contributed by atoms with E-state index in [0.29, 0.717) is 23.2 Å². The van der Waals surface area contributed by atoms with Crippen LogP contribution in [0.2, 0.25) is 0 Å². The fraction of sp³-hybridized carbons (Fsp3) is 0.240. The zero-order valence-corrected chi connectivity index (χ0v) is 20.0. The number of aromatic nitrogens is 2. The van der Waals surface area contributed by atoms with E-state index in [0.717, 1.165) is 22.6 Å². The van der Waals surface area contributed by atoms with Crippen molar-refractivity contribution in [1.29, 1.82) is 0 Å². The second-order valence-corrected chi connectivity index (χ2v) is 9.29. The predicted octanol–water partition coefficient (Wildman–Crippen LogP) is 3.58. The van der Waals surface area contributed by atoms with Gasteiger partial charge in [0, 0.05) is 24.4 Å². The summed E-state index contributed by atoms with van der Waals surface area (Å²) in [6, 6.07) is 7.58. The Hall–Kier alpha value is -4.05. The lowest BCUT2D eigenvalue weighted by atomic mass is 9.95. The van der Waals surface area contributed by atoms with Crippen LogP contribution in [0.5, 0.6) is 5.75 Å². The van der Waals surface area contributed by atoms with Crippen molar-refractivity contribution in [3.63, 3.8) is 0 Å². The third-order valence-electron chi connectivity index (χ3n) is 5.98. The van der Waals surface area contributed by atoms with Crippen LogP contribution in [0.3, 0.4) is 0 Å². The molecule has 2 atom stereocenters. The van der Waals surface area contributed by atoms with Gasteiger partial charge in [-0.3, -0.25) is 19.5 Å². The number of fused-ring (bicyclic) bond motifs is 1. The van der Waals surface area contributed by atoms with E-state index in [1.54, 1.807) is 43.5 Å². The summed E-state index contributed by atoms with van der Waals surface area (Å²) in [6.07, 6.45) is 3.78. The number of nitrogens with zero attached hydrogens (tertiary/aromatic N) is 3.